The molecule has 0 saturated carbocycles. The molecule has 1 aromatic carbocycles. The van der Waals surface area contributed by atoms with E-state index in [9.17, 15) is 4.79 Å². The summed E-state index contributed by atoms with van der Waals surface area (Å²) in [6.07, 6.45) is 3.62. The van der Waals surface area contributed by atoms with E-state index in [4.69, 9.17) is 16.1 Å². The number of aromatic nitrogens is 5. The number of carbonyl (C=O) groups excluding carboxylic acids is 1. The Morgan fingerprint density at radius 3 is 3.04 bits per heavy atom. The van der Waals surface area contributed by atoms with Crippen molar-refractivity contribution in [1.82, 2.24) is 35.8 Å². The van der Waals surface area contributed by atoms with Gasteiger partial charge in [0, 0.05) is 10.6 Å². The minimum atomic E-state index is -0.335. The number of rotatable bonds is 5. The van der Waals surface area contributed by atoms with Crippen LogP contribution >= 0.6 is 11.6 Å². The highest BCUT2D eigenvalue weighted by Crippen LogP contribution is 2.20. The van der Waals surface area contributed by atoms with Gasteiger partial charge in [0.15, 0.2) is 5.69 Å². The lowest BCUT2D eigenvalue weighted by Crippen LogP contribution is -2.29. The molecule has 1 aliphatic rings. The summed E-state index contributed by atoms with van der Waals surface area (Å²) < 4.78 is 6.94. The second kappa shape index (κ2) is 7.85. The monoisotopic (exact) mass is 387 g/mol. The quantitative estimate of drug-likeness (QED) is 0.687. The summed E-state index contributed by atoms with van der Waals surface area (Å²) >= 11 is 5.97. The number of benzene rings is 1. The first-order valence-corrected chi connectivity index (χ1v) is 9.06. The molecular formula is C17H18ClN7O2. The van der Waals surface area contributed by atoms with E-state index in [0.717, 1.165) is 31.5 Å². The SMILES string of the molecule is O=C(NCc1nc(-c2cccc(Cl)c2)no1)c1cn(C2CCNCC2)nn1. The number of nitrogens with zero attached hydrogens (tertiary/aromatic N) is 5. The first kappa shape index (κ1) is 17.6. The molecular weight excluding hydrogens is 370 g/mol. The van der Waals surface area contributed by atoms with Gasteiger partial charge in [-0.1, -0.05) is 34.1 Å². The maximum atomic E-state index is 12.3. The Balaban J connectivity index is 1.36. The van der Waals surface area contributed by atoms with E-state index in [2.05, 4.69) is 31.1 Å². The molecule has 1 fully saturated rings. The summed E-state index contributed by atoms with van der Waals surface area (Å²) in [6, 6.07) is 7.42. The minimum Gasteiger partial charge on any atom is -0.342 e. The number of nitrogens with one attached hydrogen (secondary N) is 2. The van der Waals surface area contributed by atoms with Gasteiger partial charge < -0.3 is 15.2 Å². The average molecular weight is 388 g/mol. The number of hydrogen-bond donors (Lipinski definition) is 2. The van der Waals surface area contributed by atoms with Crippen molar-refractivity contribution >= 4 is 17.5 Å². The molecule has 3 aromatic rings. The van der Waals surface area contributed by atoms with Crippen LogP contribution < -0.4 is 10.6 Å². The minimum absolute atomic E-state index is 0.104. The maximum absolute atomic E-state index is 12.3. The lowest BCUT2D eigenvalue weighted by molar-refractivity contribution is 0.0941. The lowest BCUT2D eigenvalue weighted by atomic mass is 10.1. The topological polar surface area (TPSA) is 111 Å². The van der Waals surface area contributed by atoms with Gasteiger partial charge in [0.2, 0.25) is 11.7 Å². The summed E-state index contributed by atoms with van der Waals surface area (Å²) in [4.78, 5) is 16.6. The van der Waals surface area contributed by atoms with Crippen molar-refractivity contribution in [2.75, 3.05) is 13.1 Å². The molecule has 0 radical (unpaired) electrons. The standard InChI is InChI=1S/C17H18ClN7O2/c18-12-3-1-2-11(8-12)16-21-15(27-23-16)9-20-17(26)14-10-25(24-22-14)13-4-6-19-7-5-13/h1-3,8,10,13,19H,4-7,9H2,(H,20,26). The molecule has 0 unspecified atom stereocenters. The van der Waals surface area contributed by atoms with Crippen molar-refractivity contribution in [1.29, 1.82) is 0 Å². The fourth-order valence-electron chi connectivity index (χ4n) is 2.95. The Morgan fingerprint density at radius 2 is 2.22 bits per heavy atom. The Morgan fingerprint density at radius 1 is 1.37 bits per heavy atom. The Labute approximate surface area is 160 Å². The van der Waals surface area contributed by atoms with Crippen LogP contribution in [0.3, 0.4) is 0 Å². The van der Waals surface area contributed by atoms with Gasteiger partial charge in [-0.05, 0) is 38.1 Å². The number of halogens is 1. The molecule has 0 bridgehead atoms. The highest BCUT2D eigenvalue weighted by Gasteiger charge is 2.19. The Bertz CT molecular complexity index is 933. The van der Waals surface area contributed by atoms with E-state index >= 15 is 0 Å². The summed E-state index contributed by atoms with van der Waals surface area (Å²) in [5.41, 5.74) is 1.01. The molecule has 1 saturated heterocycles. The number of piperidine rings is 1. The van der Waals surface area contributed by atoms with Crippen LogP contribution in [0.25, 0.3) is 11.4 Å². The maximum Gasteiger partial charge on any atom is 0.273 e. The third kappa shape index (κ3) is 4.15. The zero-order chi connectivity index (χ0) is 18.6. The number of hydrogen-bond acceptors (Lipinski definition) is 7. The predicted molar refractivity (Wildman–Crippen MR) is 97.1 cm³/mol. The highest BCUT2D eigenvalue weighted by molar-refractivity contribution is 6.30. The second-order valence-electron chi connectivity index (χ2n) is 6.27. The van der Waals surface area contributed by atoms with Crippen LogP contribution in [0.4, 0.5) is 0 Å². The van der Waals surface area contributed by atoms with Crippen LogP contribution in [0, 0.1) is 0 Å². The smallest absolute Gasteiger partial charge is 0.273 e. The molecule has 140 valence electrons. The number of carbonyl (C=O) groups is 1. The molecule has 2 N–H and O–H groups in total. The predicted octanol–water partition coefficient (Wildman–Crippen LogP) is 1.84. The third-order valence-electron chi connectivity index (χ3n) is 4.38. The van der Waals surface area contributed by atoms with E-state index in [1.165, 1.54) is 0 Å². The first-order valence-electron chi connectivity index (χ1n) is 8.68. The second-order valence-corrected chi connectivity index (χ2v) is 6.71. The van der Waals surface area contributed by atoms with E-state index < -0.39 is 0 Å². The van der Waals surface area contributed by atoms with Gasteiger partial charge in [0.1, 0.15) is 0 Å². The molecule has 10 heteroatoms. The van der Waals surface area contributed by atoms with Crippen molar-refractivity contribution in [3.05, 3.63) is 47.1 Å². The summed E-state index contributed by atoms with van der Waals surface area (Å²) in [6.45, 7) is 1.99. The fourth-order valence-corrected chi connectivity index (χ4v) is 3.14. The molecule has 1 aliphatic heterocycles. The summed E-state index contributed by atoms with van der Waals surface area (Å²) in [7, 11) is 0. The van der Waals surface area contributed by atoms with Gasteiger partial charge in [-0.25, -0.2) is 4.68 Å². The van der Waals surface area contributed by atoms with Crippen molar-refractivity contribution in [3.63, 3.8) is 0 Å². The largest absolute Gasteiger partial charge is 0.342 e. The van der Waals surface area contributed by atoms with Gasteiger partial charge in [-0.15, -0.1) is 5.10 Å². The van der Waals surface area contributed by atoms with Gasteiger partial charge in [0.25, 0.3) is 5.91 Å². The molecule has 0 spiro atoms. The fraction of sp³-hybridized carbons (Fsp3) is 0.353. The molecule has 0 aliphatic carbocycles. The Kier molecular flexibility index (Phi) is 5.12. The molecule has 9 nitrogen and oxygen atoms in total. The van der Waals surface area contributed by atoms with Crippen LogP contribution in [0.2, 0.25) is 5.02 Å². The van der Waals surface area contributed by atoms with Crippen LogP contribution in [0.5, 0.6) is 0 Å². The van der Waals surface area contributed by atoms with E-state index in [0.29, 0.717) is 16.7 Å². The highest BCUT2D eigenvalue weighted by atomic mass is 35.5. The van der Waals surface area contributed by atoms with Gasteiger partial charge in [-0.2, -0.15) is 4.98 Å². The zero-order valence-corrected chi connectivity index (χ0v) is 15.2. The van der Waals surface area contributed by atoms with Crippen molar-refractivity contribution in [3.8, 4) is 11.4 Å². The molecule has 0 atom stereocenters. The molecule has 2 aromatic heterocycles. The normalized spacial score (nSPS) is 15.0. The van der Waals surface area contributed by atoms with Crippen LogP contribution in [-0.2, 0) is 6.54 Å². The van der Waals surface area contributed by atoms with Crippen molar-refractivity contribution < 1.29 is 9.32 Å². The van der Waals surface area contributed by atoms with Crippen molar-refractivity contribution in [2.45, 2.75) is 25.4 Å². The van der Waals surface area contributed by atoms with E-state index in [1.54, 1.807) is 29.1 Å². The number of amides is 1. The van der Waals surface area contributed by atoms with Crippen LogP contribution in [-0.4, -0.2) is 44.1 Å². The zero-order valence-electron chi connectivity index (χ0n) is 14.4. The molecule has 27 heavy (non-hydrogen) atoms. The first-order chi connectivity index (χ1) is 13.2. The molecule has 3 heterocycles. The van der Waals surface area contributed by atoms with Crippen molar-refractivity contribution in [2.24, 2.45) is 0 Å². The van der Waals surface area contributed by atoms with E-state index in [1.807, 2.05) is 6.07 Å². The summed E-state index contributed by atoms with van der Waals surface area (Å²) in [5, 5.41) is 18.6. The lowest BCUT2D eigenvalue weighted by Gasteiger charge is -2.22. The molecule has 4 rings (SSSR count). The van der Waals surface area contributed by atoms with Crippen LogP contribution in [0.1, 0.15) is 35.3 Å². The van der Waals surface area contributed by atoms with Gasteiger partial charge in [0.05, 0.1) is 18.8 Å². The molecule has 1 amide bonds. The average Bonchev–Trinajstić information content (AvgIpc) is 3.37. The Hall–Kier alpha value is -2.78. The summed E-state index contributed by atoms with van der Waals surface area (Å²) in [5.74, 6) is 0.375. The van der Waals surface area contributed by atoms with E-state index in [-0.39, 0.29) is 24.2 Å². The third-order valence-corrected chi connectivity index (χ3v) is 4.61. The van der Waals surface area contributed by atoms with Gasteiger partial charge in [-0.3, -0.25) is 4.79 Å². The van der Waals surface area contributed by atoms with Gasteiger partial charge >= 0.3 is 0 Å². The van der Waals surface area contributed by atoms with Crippen LogP contribution in [0.15, 0.2) is 35.0 Å².